The molecular formula is C17H18N6OS. The van der Waals surface area contributed by atoms with Gasteiger partial charge in [0.2, 0.25) is 0 Å². The molecule has 1 aliphatic rings. The smallest absolute Gasteiger partial charge is 0.168 e. The summed E-state index contributed by atoms with van der Waals surface area (Å²) in [5.74, 6) is 0.813. The summed E-state index contributed by atoms with van der Waals surface area (Å²) in [6.45, 7) is 1.000. The fraction of sp³-hybridized carbons (Fsp3) is 0.235. The average molecular weight is 354 g/mol. The molecule has 0 bridgehead atoms. The number of aromatic nitrogens is 4. The minimum absolute atomic E-state index is 0.408. The van der Waals surface area contributed by atoms with Crippen molar-refractivity contribution in [3.8, 4) is 5.69 Å². The molecule has 0 radical (unpaired) electrons. The molecular weight excluding hydrogens is 336 g/mol. The summed E-state index contributed by atoms with van der Waals surface area (Å²) < 4.78 is 7.40. The van der Waals surface area contributed by atoms with Gasteiger partial charge in [0.15, 0.2) is 5.82 Å². The van der Waals surface area contributed by atoms with Crippen LogP contribution in [0, 0.1) is 0 Å². The molecule has 0 saturated carbocycles. The second kappa shape index (κ2) is 6.83. The normalized spacial score (nSPS) is 12.8. The van der Waals surface area contributed by atoms with Crippen molar-refractivity contribution in [3.05, 3.63) is 48.8 Å². The molecule has 0 unspecified atom stereocenters. The molecule has 2 aromatic heterocycles. The van der Waals surface area contributed by atoms with Crippen molar-refractivity contribution in [1.82, 2.24) is 19.5 Å². The van der Waals surface area contributed by atoms with Gasteiger partial charge in [0.25, 0.3) is 0 Å². The van der Waals surface area contributed by atoms with Gasteiger partial charge in [0.1, 0.15) is 11.8 Å². The van der Waals surface area contributed by atoms with Crippen LogP contribution in [0.5, 0.6) is 0 Å². The molecule has 3 heterocycles. The summed E-state index contributed by atoms with van der Waals surface area (Å²) in [6.07, 6.45) is 8.01. The number of methoxy groups -OCH3 is 1. The lowest BCUT2D eigenvalue weighted by Crippen LogP contribution is -2.24. The van der Waals surface area contributed by atoms with Crippen LogP contribution < -0.4 is 10.6 Å². The van der Waals surface area contributed by atoms with Crippen LogP contribution in [0.25, 0.3) is 5.69 Å². The van der Waals surface area contributed by atoms with Crippen molar-refractivity contribution in [2.24, 2.45) is 5.73 Å². The van der Waals surface area contributed by atoms with E-state index in [4.69, 9.17) is 10.5 Å². The lowest BCUT2D eigenvalue weighted by Gasteiger charge is -2.30. The Morgan fingerprint density at radius 2 is 2.08 bits per heavy atom. The van der Waals surface area contributed by atoms with Gasteiger partial charge in [-0.15, -0.1) is 0 Å². The Morgan fingerprint density at radius 3 is 2.92 bits per heavy atom. The number of hydrogen-bond acceptors (Lipinski definition) is 7. The summed E-state index contributed by atoms with van der Waals surface area (Å²) >= 11 is 1.62. The fourth-order valence-electron chi connectivity index (χ4n) is 2.80. The molecule has 128 valence electrons. The first-order valence-electron chi connectivity index (χ1n) is 7.93. The molecule has 2 N–H and O–H groups in total. The lowest BCUT2D eigenvalue weighted by molar-refractivity contribution is 0.205. The molecule has 1 aliphatic heterocycles. The highest BCUT2D eigenvalue weighted by atomic mass is 32.2. The monoisotopic (exact) mass is 354 g/mol. The van der Waals surface area contributed by atoms with Gasteiger partial charge < -0.3 is 15.0 Å². The van der Waals surface area contributed by atoms with Crippen LogP contribution in [-0.4, -0.2) is 39.9 Å². The largest absolute Gasteiger partial charge is 0.364 e. The topological polar surface area (TPSA) is 82.1 Å². The van der Waals surface area contributed by atoms with Gasteiger partial charge in [-0.2, -0.15) is 0 Å². The predicted molar refractivity (Wildman–Crippen MR) is 96.5 cm³/mol. The van der Waals surface area contributed by atoms with E-state index in [-0.39, 0.29) is 0 Å². The molecule has 4 rings (SSSR count). The molecule has 0 amide bonds. The first kappa shape index (κ1) is 16.1. The van der Waals surface area contributed by atoms with E-state index >= 15 is 0 Å². The molecule has 25 heavy (non-hydrogen) atoms. The molecule has 0 fully saturated rings. The van der Waals surface area contributed by atoms with Crippen molar-refractivity contribution in [1.29, 1.82) is 0 Å². The van der Waals surface area contributed by atoms with Gasteiger partial charge in [0, 0.05) is 42.7 Å². The molecule has 0 saturated heterocycles. The van der Waals surface area contributed by atoms with Crippen LogP contribution in [0.4, 0.5) is 11.5 Å². The van der Waals surface area contributed by atoms with Gasteiger partial charge in [0.05, 0.1) is 17.7 Å². The zero-order valence-corrected chi connectivity index (χ0v) is 14.6. The Labute approximate surface area is 149 Å². The number of nitrogens with zero attached hydrogens (tertiary/aromatic N) is 5. The number of benzene rings is 1. The maximum absolute atomic E-state index is 5.61. The molecule has 3 aromatic rings. The summed E-state index contributed by atoms with van der Waals surface area (Å²) in [6, 6.07) is 6.29. The van der Waals surface area contributed by atoms with Gasteiger partial charge >= 0.3 is 0 Å². The van der Waals surface area contributed by atoms with Crippen LogP contribution in [0.2, 0.25) is 0 Å². The quantitative estimate of drug-likeness (QED) is 0.753. The van der Waals surface area contributed by atoms with Gasteiger partial charge in [-0.3, -0.25) is 4.90 Å². The Kier molecular flexibility index (Phi) is 4.39. The third-order valence-corrected chi connectivity index (χ3v) is 4.98. The Hall–Kier alpha value is -2.42. The van der Waals surface area contributed by atoms with E-state index in [2.05, 4.69) is 33.2 Å². The Morgan fingerprint density at radius 1 is 1.20 bits per heavy atom. The first-order valence-corrected chi connectivity index (χ1v) is 8.74. The summed E-state index contributed by atoms with van der Waals surface area (Å²) in [7, 11) is 1.68. The minimum atomic E-state index is 0.408. The van der Waals surface area contributed by atoms with E-state index in [0.717, 1.165) is 39.2 Å². The van der Waals surface area contributed by atoms with Crippen LogP contribution in [-0.2, 0) is 11.2 Å². The zero-order valence-electron chi connectivity index (χ0n) is 13.8. The van der Waals surface area contributed by atoms with Crippen molar-refractivity contribution in [2.75, 3.05) is 25.3 Å². The summed E-state index contributed by atoms with van der Waals surface area (Å²) in [5, 5.41) is 0.882. The summed E-state index contributed by atoms with van der Waals surface area (Å²) in [4.78, 5) is 16.5. The molecule has 0 aliphatic carbocycles. The second-order valence-corrected chi connectivity index (χ2v) is 6.63. The number of ether oxygens (including phenoxy) is 1. The number of anilines is 2. The fourth-order valence-corrected chi connectivity index (χ4v) is 3.78. The number of fused-ring (bicyclic) bond motifs is 2. The maximum Gasteiger partial charge on any atom is 0.168 e. The number of imidazole rings is 1. The minimum Gasteiger partial charge on any atom is -0.364 e. The van der Waals surface area contributed by atoms with E-state index in [1.807, 2.05) is 22.0 Å². The van der Waals surface area contributed by atoms with Crippen LogP contribution >= 0.6 is 11.8 Å². The highest BCUT2D eigenvalue weighted by molar-refractivity contribution is 7.99. The van der Waals surface area contributed by atoms with E-state index in [1.165, 1.54) is 0 Å². The number of nitrogens with two attached hydrogens (primary N) is 1. The molecule has 0 atom stereocenters. The van der Waals surface area contributed by atoms with Crippen LogP contribution in [0.15, 0.2) is 53.0 Å². The maximum atomic E-state index is 5.61. The zero-order chi connectivity index (χ0) is 17.2. The Bertz CT molecular complexity index is 896. The second-order valence-electron chi connectivity index (χ2n) is 5.60. The number of rotatable bonds is 5. The molecule has 0 spiro atoms. The van der Waals surface area contributed by atoms with E-state index in [1.54, 1.807) is 31.3 Å². The van der Waals surface area contributed by atoms with Crippen LogP contribution in [0.3, 0.4) is 0 Å². The molecule has 7 nitrogen and oxygen atoms in total. The standard InChI is InChI=1S/C17H18N6OS/c1-24-11-23-14-8-13(22-9-12(4-5-18)21-10-22)2-3-15(14)25-17-16(23)19-6-7-20-17/h2-3,6-10H,4-5,11,18H2,1H3. The summed E-state index contributed by atoms with van der Waals surface area (Å²) in [5.41, 5.74) is 8.68. The van der Waals surface area contributed by atoms with E-state index < -0.39 is 0 Å². The van der Waals surface area contributed by atoms with Crippen molar-refractivity contribution < 1.29 is 4.74 Å². The van der Waals surface area contributed by atoms with E-state index in [9.17, 15) is 0 Å². The highest BCUT2D eigenvalue weighted by Crippen LogP contribution is 2.46. The van der Waals surface area contributed by atoms with Crippen molar-refractivity contribution >= 4 is 23.3 Å². The van der Waals surface area contributed by atoms with Gasteiger partial charge in [-0.25, -0.2) is 15.0 Å². The van der Waals surface area contributed by atoms with Crippen molar-refractivity contribution in [2.45, 2.75) is 16.3 Å². The molecule has 1 aromatic carbocycles. The third-order valence-electron chi connectivity index (χ3n) is 3.94. The third kappa shape index (κ3) is 2.99. The predicted octanol–water partition coefficient (Wildman–Crippen LogP) is 2.37. The van der Waals surface area contributed by atoms with Crippen molar-refractivity contribution in [3.63, 3.8) is 0 Å². The van der Waals surface area contributed by atoms with Crippen LogP contribution in [0.1, 0.15) is 5.69 Å². The first-order chi connectivity index (χ1) is 12.3. The lowest BCUT2D eigenvalue weighted by atomic mass is 10.2. The van der Waals surface area contributed by atoms with Gasteiger partial charge in [-0.05, 0) is 24.7 Å². The number of hydrogen-bond donors (Lipinski definition) is 1. The SMILES string of the molecule is COCN1c2cc(-n3cnc(CCN)c3)ccc2Sc2nccnc21. The van der Waals surface area contributed by atoms with E-state index in [0.29, 0.717) is 13.3 Å². The van der Waals surface area contributed by atoms with Gasteiger partial charge in [-0.1, -0.05) is 11.8 Å². The Balaban J connectivity index is 1.75. The highest BCUT2D eigenvalue weighted by Gasteiger charge is 2.26. The molecule has 8 heteroatoms. The average Bonchev–Trinajstić information content (AvgIpc) is 3.10.